The molecule has 2 saturated heterocycles. The van der Waals surface area contributed by atoms with Crippen LogP contribution in [0.1, 0.15) is 47.5 Å². The molecule has 0 spiro atoms. The smallest absolute Gasteiger partial charge is 0.138 e. The third-order valence-corrected chi connectivity index (χ3v) is 5.58. The van der Waals surface area contributed by atoms with Crippen LogP contribution in [0.15, 0.2) is 28.8 Å². The standard InChI is InChI=1S/C19H25FN4O/c1-12-18(13(2)25-23-12)17-4-3-9-24(17)11-15-10-21-22-19(15)14-5-7-16(20)8-6-14/h5-8,15,17,19,21-22H,3-4,9-11H2,1-2H3. The molecule has 134 valence electrons. The van der Waals surface area contributed by atoms with Gasteiger partial charge >= 0.3 is 0 Å². The van der Waals surface area contributed by atoms with Crippen molar-refractivity contribution in [2.24, 2.45) is 5.92 Å². The number of hydrogen-bond donors (Lipinski definition) is 2. The van der Waals surface area contributed by atoms with Crippen molar-refractivity contribution in [2.75, 3.05) is 19.6 Å². The van der Waals surface area contributed by atoms with E-state index in [1.807, 2.05) is 26.0 Å². The fourth-order valence-electron chi connectivity index (χ4n) is 4.37. The maximum Gasteiger partial charge on any atom is 0.138 e. The summed E-state index contributed by atoms with van der Waals surface area (Å²) in [6.07, 6.45) is 2.35. The van der Waals surface area contributed by atoms with Gasteiger partial charge < -0.3 is 4.52 Å². The van der Waals surface area contributed by atoms with Crippen LogP contribution in [0.4, 0.5) is 4.39 Å². The number of benzene rings is 1. The molecule has 3 unspecified atom stereocenters. The summed E-state index contributed by atoms with van der Waals surface area (Å²) in [4.78, 5) is 2.56. The third-order valence-electron chi connectivity index (χ3n) is 5.58. The number of hydrazine groups is 1. The molecule has 25 heavy (non-hydrogen) atoms. The Morgan fingerprint density at radius 2 is 2.08 bits per heavy atom. The fourth-order valence-corrected chi connectivity index (χ4v) is 4.37. The largest absolute Gasteiger partial charge is 0.361 e. The summed E-state index contributed by atoms with van der Waals surface area (Å²) in [6, 6.07) is 7.42. The lowest BCUT2D eigenvalue weighted by Gasteiger charge is -2.29. The molecule has 0 aliphatic carbocycles. The van der Waals surface area contributed by atoms with Crippen molar-refractivity contribution in [1.29, 1.82) is 0 Å². The molecule has 2 aromatic rings. The summed E-state index contributed by atoms with van der Waals surface area (Å²) in [5.41, 5.74) is 10.0. The topological polar surface area (TPSA) is 53.3 Å². The van der Waals surface area contributed by atoms with Gasteiger partial charge in [-0.3, -0.25) is 10.3 Å². The molecule has 2 aliphatic rings. The van der Waals surface area contributed by atoms with E-state index in [0.717, 1.165) is 43.1 Å². The van der Waals surface area contributed by atoms with Crippen molar-refractivity contribution in [1.82, 2.24) is 20.9 Å². The molecular formula is C19H25FN4O. The van der Waals surface area contributed by atoms with Crippen molar-refractivity contribution >= 4 is 0 Å². The third kappa shape index (κ3) is 3.21. The van der Waals surface area contributed by atoms with E-state index in [9.17, 15) is 4.39 Å². The summed E-state index contributed by atoms with van der Waals surface area (Å²) in [5, 5.41) is 4.14. The van der Waals surface area contributed by atoms with Gasteiger partial charge in [0.1, 0.15) is 11.6 Å². The molecule has 0 amide bonds. The summed E-state index contributed by atoms with van der Waals surface area (Å²) >= 11 is 0. The molecule has 0 bridgehead atoms. The summed E-state index contributed by atoms with van der Waals surface area (Å²) in [6.45, 7) is 7.04. The second-order valence-corrected chi connectivity index (χ2v) is 7.21. The van der Waals surface area contributed by atoms with Gasteiger partial charge in [0.15, 0.2) is 0 Å². The molecule has 1 aromatic carbocycles. The second-order valence-electron chi connectivity index (χ2n) is 7.21. The monoisotopic (exact) mass is 344 g/mol. The number of aryl methyl sites for hydroxylation is 2. The quantitative estimate of drug-likeness (QED) is 0.893. The molecule has 0 saturated carbocycles. The highest BCUT2D eigenvalue weighted by Gasteiger charge is 2.36. The minimum atomic E-state index is -0.190. The molecule has 2 N–H and O–H groups in total. The normalized spacial score (nSPS) is 27.2. The molecule has 4 rings (SSSR count). The van der Waals surface area contributed by atoms with Gasteiger partial charge in [0.25, 0.3) is 0 Å². The van der Waals surface area contributed by atoms with Crippen LogP contribution in [-0.2, 0) is 0 Å². The molecule has 2 fully saturated rings. The van der Waals surface area contributed by atoms with Gasteiger partial charge in [-0.2, -0.15) is 0 Å². The van der Waals surface area contributed by atoms with Crippen molar-refractivity contribution in [3.8, 4) is 0 Å². The first-order chi connectivity index (χ1) is 12.1. The number of aromatic nitrogens is 1. The number of halogens is 1. The lowest BCUT2D eigenvalue weighted by molar-refractivity contribution is 0.209. The van der Waals surface area contributed by atoms with Crippen molar-refractivity contribution in [3.05, 3.63) is 52.7 Å². The zero-order valence-electron chi connectivity index (χ0n) is 14.8. The van der Waals surface area contributed by atoms with Crippen LogP contribution in [0.25, 0.3) is 0 Å². The number of nitrogens with zero attached hydrogens (tertiary/aromatic N) is 2. The van der Waals surface area contributed by atoms with E-state index in [0.29, 0.717) is 12.0 Å². The first-order valence-corrected chi connectivity index (χ1v) is 9.04. The first kappa shape index (κ1) is 16.7. The molecule has 5 nitrogen and oxygen atoms in total. The first-order valence-electron chi connectivity index (χ1n) is 9.04. The van der Waals surface area contributed by atoms with Gasteiger partial charge in [0.2, 0.25) is 0 Å². The van der Waals surface area contributed by atoms with Crippen LogP contribution in [0, 0.1) is 25.6 Å². The highest BCUT2D eigenvalue weighted by Crippen LogP contribution is 2.37. The van der Waals surface area contributed by atoms with E-state index >= 15 is 0 Å². The molecule has 3 atom stereocenters. The van der Waals surface area contributed by atoms with Gasteiger partial charge in [0, 0.05) is 30.6 Å². The summed E-state index contributed by atoms with van der Waals surface area (Å²) in [5.74, 6) is 1.18. The highest BCUT2D eigenvalue weighted by molar-refractivity contribution is 5.26. The Balaban J connectivity index is 1.51. The average Bonchev–Trinajstić information content (AvgIpc) is 3.31. The van der Waals surface area contributed by atoms with Gasteiger partial charge in [-0.25, -0.2) is 9.82 Å². The van der Waals surface area contributed by atoms with E-state index < -0.39 is 0 Å². The average molecular weight is 344 g/mol. The van der Waals surface area contributed by atoms with Crippen LogP contribution < -0.4 is 10.9 Å². The van der Waals surface area contributed by atoms with E-state index in [-0.39, 0.29) is 11.9 Å². The van der Waals surface area contributed by atoms with E-state index in [2.05, 4.69) is 20.9 Å². The summed E-state index contributed by atoms with van der Waals surface area (Å²) < 4.78 is 18.6. The van der Waals surface area contributed by atoms with Gasteiger partial charge in [-0.1, -0.05) is 17.3 Å². The number of likely N-dealkylation sites (tertiary alicyclic amines) is 1. The SMILES string of the molecule is Cc1noc(C)c1C1CCCN1CC1CNNC1c1ccc(F)cc1. The Kier molecular flexibility index (Phi) is 4.58. The predicted molar refractivity (Wildman–Crippen MR) is 93.3 cm³/mol. The van der Waals surface area contributed by atoms with Crippen molar-refractivity contribution in [3.63, 3.8) is 0 Å². The maximum atomic E-state index is 13.2. The Hall–Kier alpha value is -1.76. The van der Waals surface area contributed by atoms with Crippen LogP contribution in [0.2, 0.25) is 0 Å². The predicted octanol–water partition coefficient (Wildman–Crippen LogP) is 3.03. The Morgan fingerprint density at radius 3 is 2.80 bits per heavy atom. The molecular weight excluding hydrogens is 319 g/mol. The van der Waals surface area contributed by atoms with Crippen LogP contribution in [0.5, 0.6) is 0 Å². The van der Waals surface area contributed by atoms with Gasteiger partial charge in [-0.15, -0.1) is 0 Å². The summed E-state index contributed by atoms with van der Waals surface area (Å²) in [7, 11) is 0. The minimum absolute atomic E-state index is 0.190. The molecule has 3 heterocycles. The van der Waals surface area contributed by atoms with Crippen molar-refractivity contribution < 1.29 is 8.91 Å². The Morgan fingerprint density at radius 1 is 1.28 bits per heavy atom. The van der Waals surface area contributed by atoms with E-state index in [4.69, 9.17) is 4.52 Å². The van der Waals surface area contributed by atoms with Crippen LogP contribution in [-0.4, -0.2) is 29.7 Å². The zero-order valence-corrected chi connectivity index (χ0v) is 14.8. The lowest BCUT2D eigenvalue weighted by atomic mass is 9.93. The van der Waals surface area contributed by atoms with Crippen LogP contribution in [0.3, 0.4) is 0 Å². The van der Waals surface area contributed by atoms with Gasteiger partial charge in [-0.05, 0) is 50.9 Å². The number of nitrogens with one attached hydrogen (secondary N) is 2. The number of rotatable bonds is 4. The Labute approximate surface area is 147 Å². The minimum Gasteiger partial charge on any atom is -0.361 e. The molecule has 0 radical (unpaired) electrons. The van der Waals surface area contributed by atoms with Crippen molar-refractivity contribution in [2.45, 2.75) is 38.8 Å². The maximum absolute atomic E-state index is 13.2. The second kappa shape index (κ2) is 6.86. The van der Waals surface area contributed by atoms with E-state index in [1.165, 1.54) is 24.1 Å². The molecule has 1 aromatic heterocycles. The fraction of sp³-hybridized carbons (Fsp3) is 0.526. The molecule has 2 aliphatic heterocycles. The lowest BCUT2D eigenvalue weighted by Crippen LogP contribution is -2.33. The number of hydrogen-bond acceptors (Lipinski definition) is 5. The Bertz CT molecular complexity index is 710. The zero-order chi connectivity index (χ0) is 17.4. The highest BCUT2D eigenvalue weighted by atomic mass is 19.1. The van der Waals surface area contributed by atoms with Crippen LogP contribution >= 0.6 is 0 Å². The van der Waals surface area contributed by atoms with Gasteiger partial charge in [0.05, 0.1) is 11.7 Å². The van der Waals surface area contributed by atoms with E-state index in [1.54, 1.807) is 0 Å². The molecule has 6 heteroatoms.